The number of carbonyl (C=O) groups excluding carboxylic acids is 1. The van der Waals surface area contributed by atoms with E-state index in [0.717, 1.165) is 0 Å². The van der Waals surface area contributed by atoms with E-state index in [-0.39, 0.29) is 22.9 Å². The lowest BCUT2D eigenvalue weighted by Crippen LogP contribution is -2.30. The van der Waals surface area contributed by atoms with Crippen molar-refractivity contribution in [3.05, 3.63) is 0 Å². The highest BCUT2D eigenvalue weighted by molar-refractivity contribution is 14.1. The second-order valence-electron chi connectivity index (χ2n) is 2.91. The van der Waals surface area contributed by atoms with Gasteiger partial charge in [-0.3, -0.25) is 4.79 Å². The molecule has 7 heteroatoms. The summed E-state index contributed by atoms with van der Waals surface area (Å²) in [5.41, 5.74) is 0. The predicted molar refractivity (Wildman–Crippen MR) is 58.0 cm³/mol. The van der Waals surface area contributed by atoms with Crippen LogP contribution in [-0.4, -0.2) is 36.3 Å². The van der Waals surface area contributed by atoms with Crippen LogP contribution >= 0.6 is 22.6 Å². The Bertz CT molecular complexity index is 199. The molecule has 0 rings (SSSR count). The molecule has 1 unspecified atom stereocenters. The Labute approximate surface area is 99.9 Å². The van der Waals surface area contributed by atoms with Crippen molar-refractivity contribution >= 4 is 28.6 Å². The number of ether oxygens (including phenoxy) is 1. The van der Waals surface area contributed by atoms with Crippen molar-refractivity contribution in [2.75, 3.05) is 20.2 Å². The van der Waals surface area contributed by atoms with Gasteiger partial charge < -0.3 is 10.1 Å². The normalized spacial score (nSPS) is 13.7. The molecule has 0 heterocycles. The maximum atomic E-state index is 11.7. The maximum Gasteiger partial charge on any atom is 0.389 e. The van der Waals surface area contributed by atoms with Crippen molar-refractivity contribution in [1.29, 1.82) is 0 Å². The number of halogens is 4. The third kappa shape index (κ3) is 8.91. The fourth-order valence-corrected chi connectivity index (χ4v) is 1.42. The number of hydrogen-bond acceptors (Lipinski definition) is 3. The van der Waals surface area contributed by atoms with Crippen molar-refractivity contribution in [2.45, 2.75) is 22.9 Å². The van der Waals surface area contributed by atoms with Gasteiger partial charge in [-0.05, 0) is 13.0 Å². The minimum atomic E-state index is -4.10. The summed E-state index contributed by atoms with van der Waals surface area (Å²) in [4.78, 5) is 10.9. The molecule has 0 aromatic rings. The summed E-state index contributed by atoms with van der Waals surface area (Å²) in [5, 5.41) is 2.76. The van der Waals surface area contributed by atoms with Crippen LogP contribution in [0.4, 0.5) is 13.2 Å². The second kappa shape index (κ2) is 7.26. The number of carbonyl (C=O) groups is 1. The minimum Gasteiger partial charge on any atom is -0.468 e. The molecule has 1 N–H and O–H groups in total. The Morgan fingerprint density at radius 3 is 2.60 bits per heavy atom. The highest BCUT2D eigenvalue weighted by atomic mass is 127. The lowest BCUT2D eigenvalue weighted by Gasteiger charge is -2.09. The highest BCUT2D eigenvalue weighted by Crippen LogP contribution is 2.20. The Morgan fingerprint density at radius 1 is 1.53 bits per heavy atom. The number of nitrogens with one attached hydrogen (secondary N) is 1. The molecule has 0 bridgehead atoms. The van der Waals surface area contributed by atoms with Crippen molar-refractivity contribution in [3.63, 3.8) is 0 Å². The van der Waals surface area contributed by atoms with E-state index in [1.807, 2.05) is 22.6 Å². The Kier molecular flexibility index (Phi) is 7.24. The third-order valence-corrected chi connectivity index (χ3v) is 2.54. The molecule has 0 aliphatic heterocycles. The van der Waals surface area contributed by atoms with Gasteiger partial charge in [0.1, 0.15) is 3.92 Å². The predicted octanol–water partition coefficient (Wildman–Crippen LogP) is 1.90. The number of esters is 1. The average Bonchev–Trinajstić information content (AvgIpc) is 2.14. The second-order valence-corrected chi connectivity index (χ2v) is 4.42. The zero-order chi connectivity index (χ0) is 11.9. The summed E-state index contributed by atoms with van der Waals surface area (Å²) in [5.74, 6) is -0.376. The Balaban J connectivity index is 3.43. The summed E-state index contributed by atoms with van der Waals surface area (Å²) in [7, 11) is 1.28. The van der Waals surface area contributed by atoms with E-state index in [4.69, 9.17) is 0 Å². The van der Waals surface area contributed by atoms with Gasteiger partial charge in [0.2, 0.25) is 0 Å². The van der Waals surface area contributed by atoms with Gasteiger partial charge in [-0.2, -0.15) is 13.2 Å². The highest BCUT2D eigenvalue weighted by Gasteiger charge is 2.25. The first-order valence-corrected chi connectivity index (χ1v) is 5.60. The quantitative estimate of drug-likeness (QED) is 0.348. The molecule has 0 aromatic carbocycles. The number of methoxy groups -OCH3 is 1. The molecular weight excluding hydrogens is 326 g/mol. The van der Waals surface area contributed by atoms with Crippen LogP contribution in [0.3, 0.4) is 0 Å². The molecule has 1 atom stereocenters. The Morgan fingerprint density at radius 2 is 2.13 bits per heavy atom. The van der Waals surface area contributed by atoms with Crippen LogP contribution in [0.1, 0.15) is 12.8 Å². The van der Waals surface area contributed by atoms with Crippen LogP contribution in [0.5, 0.6) is 0 Å². The fourth-order valence-electron chi connectivity index (χ4n) is 0.854. The molecule has 0 fully saturated rings. The molecule has 90 valence electrons. The van der Waals surface area contributed by atoms with E-state index in [0.29, 0.717) is 6.54 Å². The summed E-state index contributed by atoms with van der Waals surface area (Å²) in [6.45, 7) is 0.571. The molecule has 0 aliphatic carbocycles. The van der Waals surface area contributed by atoms with Crippen LogP contribution < -0.4 is 5.32 Å². The summed E-state index contributed by atoms with van der Waals surface area (Å²) < 4.78 is 39.3. The molecular formula is C8H13F3INO2. The van der Waals surface area contributed by atoms with E-state index in [9.17, 15) is 18.0 Å². The van der Waals surface area contributed by atoms with Gasteiger partial charge in [0.25, 0.3) is 0 Å². The van der Waals surface area contributed by atoms with E-state index >= 15 is 0 Å². The SMILES string of the molecule is COC(=O)C(I)CNCCCC(F)(F)F. The molecule has 0 saturated carbocycles. The Hall–Kier alpha value is -0.0500. The van der Waals surface area contributed by atoms with Crippen molar-refractivity contribution in [1.82, 2.24) is 5.32 Å². The van der Waals surface area contributed by atoms with Crippen LogP contribution in [0.2, 0.25) is 0 Å². The van der Waals surface area contributed by atoms with Crippen molar-refractivity contribution < 1.29 is 22.7 Å². The first-order valence-electron chi connectivity index (χ1n) is 4.36. The van der Waals surface area contributed by atoms with Gasteiger partial charge >= 0.3 is 12.1 Å². The molecule has 0 amide bonds. The van der Waals surface area contributed by atoms with Crippen molar-refractivity contribution in [3.8, 4) is 0 Å². The van der Waals surface area contributed by atoms with Gasteiger partial charge in [0.15, 0.2) is 0 Å². The monoisotopic (exact) mass is 339 g/mol. The number of alkyl halides is 4. The first-order chi connectivity index (χ1) is 6.87. The number of rotatable bonds is 6. The third-order valence-electron chi connectivity index (χ3n) is 1.59. The lowest BCUT2D eigenvalue weighted by molar-refractivity contribution is -0.139. The largest absolute Gasteiger partial charge is 0.468 e. The van der Waals surface area contributed by atoms with Gasteiger partial charge in [-0.25, -0.2) is 0 Å². The average molecular weight is 339 g/mol. The van der Waals surface area contributed by atoms with E-state index in [1.165, 1.54) is 7.11 Å². The molecule has 0 aliphatic rings. The van der Waals surface area contributed by atoms with E-state index < -0.39 is 12.6 Å². The molecule has 15 heavy (non-hydrogen) atoms. The maximum absolute atomic E-state index is 11.7. The molecule has 0 aromatic heterocycles. The standard InChI is InChI=1S/C8H13F3INO2/c1-15-7(14)6(12)5-13-4-2-3-8(9,10)11/h6,13H,2-5H2,1H3. The van der Waals surface area contributed by atoms with Crippen LogP contribution in [-0.2, 0) is 9.53 Å². The molecule has 0 radical (unpaired) electrons. The summed E-state index contributed by atoms with van der Waals surface area (Å²) in [6, 6.07) is 0. The van der Waals surface area contributed by atoms with Crippen LogP contribution in [0, 0.1) is 0 Å². The molecule has 3 nitrogen and oxygen atoms in total. The summed E-state index contributed by atoms with van der Waals surface area (Å²) >= 11 is 1.88. The van der Waals surface area contributed by atoms with E-state index in [1.54, 1.807) is 0 Å². The number of hydrogen-bond donors (Lipinski definition) is 1. The smallest absolute Gasteiger partial charge is 0.389 e. The zero-order valence-corrected chi connectivity index (χ0v) is 10.4. The van der Waals surface area contributed by atoms with Crippen molar-refractivity contribution in [2.24, 2.45) is 0 Å². The fraction of sp³-hybridized carbons (Fsp3) is 0.875. The van der Waals surface area contributed by atoms with Gasteiger partial charge in [0, 0.05) is 13.0 Å². The first kappa shape index (κ1) is 14.9. The van der Waals surface area contributed by atoms with Gasteiger partial charge in [-0.1, -0.05) is 22.6 Å². The minimum absolute atomic E-state index is 0.0219. The van der Waals surface area contributed by atoms with Crippen LogP contribution in [0.25, 0.3) is 0 Å². The zero-order valence-electron chi connectivity index (χ0n) is 8.23. The van der Waals surface area contributed by atoms with Gasteiger partial charge in [0.05, 0.1) is 7.11 Å². The van der Waals surface area contributed by atoms with Gasteiger partial charge in [-0.15, -0.1) is 0 Å². The van der Waals surface area contributed by atoms with Crippen LogP contribution in [0.15, 0.2) is 0 Å². The van der Waals surface area contributed by atoms with E-state index in [2.05, 4.69) is 10.1 Å². The lowest BCUT2D eigenvalue weighted by atomic mass is 10.3. The summed E-state index contributed by atoms with van der Waals surface area (Å²) in [6.07, 6.45) is -4.88. The topological polar surface area (TPSA) is 38.3 Å². The molecule has 0 spiro atoms. The molecule has 0 saturated heterocycles.